The molecule has 1 fully saturated rings. The summed E-state index contributed by atoms with van der Waals surface area (Å²) in [6, 6.07) is 3.51. The third-order valence-corrected chi connectivity index (χ3v) is 6.32. The number of hydrogen-bond donors (Lipinski definition) is 0. The Labute approximate surface area is 139 Å². The third-order valence-electron chi connectivity index (χ3n) is 4.44. The molecule has 0 radical (unpaired) electrons. The molecule has 1 aliphatic rings. The van der Waals surface area contributed by atoms with Gasteiger partial charge in [-0.05, 0) is 62.8 Å². The van der Waals surface area contributed by atoms with Gasteiger partial charge >= 0.3 is 0 Å². The first-order chi connectivity index (χ1) is 10.9. The van der Waals surface area contributed by atoms with Gasteiger partial charge in [0, 0.05) is 19.7 Å². The summed E-state index contributed by atoms with van der Waals surface area (Å²) >= 11 is 0. The molecule has 1 aliphatic heterocycles. The van der Waals surface area contributed by atoms with Gasteiger partial charge in [0.25, 0.3) is 0 Å². The topological polar surface area (TPSA) is 55.8 Å². The summed E-state index contributed by atoms with van der Waals surface area (Å²) in [7, 11) is -2.04. The van der Waals surface area contributed by atoms with Crippen LogP contribution in [0.5, 0.6) is 5.75 Å². The summed E-state index contributed by atoms with van der Waals surface area (Å²) in [6.45, 7) is 8.17. The number of methoxy groups -OCH3 is 1. The van der Waals surface area contributed by atoms with E-state index in [-0.39, 0.29) is 10.8 Å². The maximum atomic E-state index is 13.1. The van der Waals surface area contributed by atoms with Crippen LogP contribution >= 0.6 is 0 Å². The lowest BCUT2D eigenvalue weighted by Gasteiger charge is -2.32. The Balaban J connectivity index is 2.29. The number of ether oxygens (including phenoxy) is 2. The third kappa shape index (κ3) is 4.05. The first-order valence-electron chi connectivity index (χ1n) is 8.13. The molecule has 1 saturated heterocycles. The van der Waals surface area contributed by atoms with E-state index in [9.17, 15) is 8.42 Å². The van der Waals surface area contributed by atoms with E-state index in [0.29, 0.717) is 32.1 Å². The van der Waals surface area contributed by atoms with Crippen LogP contribution in [0.4, 0.5) is 0 Å². The Morgan fingerprint density at radius 2 is 1.96 bits per heavy atom. The highest BCUT2D eigenvalue weighted by molar-refractivity contribution is 7.89. The van der Waals surface area contributed by atoms with E-state index >= 15 is 0 Å². The average Bonchev–Trinajstić information content (AvgIpc) is 2.55. The Morgan fingerprint density at radius 1 is 1.26 bits per heavy atom. The normalized spacial score (nSPS) is 19.7. The van der Waals surface area contributed by atoms with Gasteiger partial charge in [0.05, 0.1) is 13.7 Å². The summed E-state index contributed by atoms with van der Waals surface area (Å²) < 4.78 is 38.5. The van der Waals surface area contributed by atoms with Gasteiger partial charge in [-0.25, -0.2) is 8.42 Å². The maximum absolute atomic E-state index is 13.1. The van der Waals surface area contributed by atoms with Crippen LogP contribution in [0.2, 0.25) is 0 Å². The minimum Gasteiger partial charge on any atom is -0.495 e. The van der Waals surface area contributed by atoms with Crippen molar-refractivity contribution in [3.63, 3.8) is 0 Å². The largest absolute Gasteiger partial charge is 0.495 e. The quantitative estimate of drug-likeness (QED) is 0.798. The van der Waals surface area contributed by atoms with Gasteiger partial charge in [0.2, 0.25) is 10.0 Å². The van der Waals surface area contributed by atoms with Crippen molar-refractivity contribution in [2.75, 3.05) is 33.4 Å². The highest BCUT2D eigenvalue weighted by Crippen LogP contribution is 2.32. The van der Waals surface area contributed by atoms with E-state index in [4.69, 9.17) is 9.47 Å². The van der Waals surface area contributed by atoms with E-state index in [1.165, 1.54) is 7.11 Å². The molecule has 1 unspecified atom stereocenters. The number of piperidine rings is 1. The molecule has 0 spiro atoms. The molecule has 2 rings (SSSR count). The van der Waals surface area contributed by atoms with Crippen molar-refractivity contribution in [2.24, 2.45) is 5.92 Å². The molecule has 1 aromatic carbocycles. The van der Waals surface area contributed by atoms with E-state index in [1.807, 2.05) is 20.8 Å². The van der Waals surface area contributed by atoms with Gasteiger partial charge in [0.1, 0.15) is 10.6 Å². The molecule has 130 valence electrons. The van der Waals surface area contributed by atoms with Gasteiger partial charge < -0.3 is 9.47 Å². The number of sulfonamides is 1. The SMILES string of the molecule is CCOCC1CCCN(S(=O)(=O)c2cc(C)c(C)cc2OC)C1. The lowest BCUT2D eigenvalue weighted by molar-refractivity contribution is 0.0864. The molecule has 1 heterocycles. The Morgan fingerprint density at radius 3 is 2.61 bits per heavy atom. The Hall–Kier alpha value is -1.11. The molecule has 0 aliphatic carbocycles. The van der Waals surface area contributed by atoms with Gasteiger partial charge in [-0.1, -0.05) is 0 Å². The van der Waals surface area contributed by atoms with Gasteiger partial charge in [-0.3, -0.25) is 0 Å². The zero-order valence-corrected chi connectivity index (χ0v) is 15.3. The fourth-order valence-corrected chi connectivity index (χ4v) is 4.71. The second kappa shape index (κ2) is 7.64. The van der Waals surface area contributed by atoms with E-state index < -0.39 is 10.0 Å². The minimum atomic E-state index is -3.55. The molecule has 5 nitrogen and oxygen atoms in total. The molecule has 0 aromatic heterocycles. The van der Waals surface area contributed by atoms with Crippen LogP contribution in [-0.2, 0) is 14.8 Å². The van der Waals surface area contributed by atoms with E-state index in [2.05, 4.69) is 0 Å². The molecule has 0 amide bonds. The summed E-state index contributed by atoms with van der Waals surface area (Å²) in [4.78, 5) is 0.264. The molecule has 0 N–H and O–H groups in total. The zero-order valence-electron chi connectivity index (χ0n) is 14.5. The first kappa shape index (κ1) is 18.2. The molecular weight excluding hydrogens is 314 g/mol. The molecule has 0 bridgehead atoms. The number of hydrogen-bond acceptors (Lipinski definition) is 4. The van der Waals surface area contributed by atoms with E-state index in [0.717, 1.165) is 24.0 Å². The van der Waals surface area contributed by atoms with Crippen molar-refractivity contribution >= 4 is 10.0 Å². The van der Waals surface area contributed by atoms with Crippen LogP contribution in [0, 0.1) is 19.8 Å². The van der Waals surface area contributed by atoms with Crippen molar-refractivity contribution in [1.82, 2.24) is 4.31 Å². The standard InChI is InChI=1S/C17H27NO4S/c1-5-22-12-15-7-6-8-18(11-15)23(19,20)17-10-14(3)13(2)9-16(17)21-4/h9-10,15H,5-8,11-12H2,1-4H3. The predicted octanol–water partition coefficient (Wildman–Crippen LogP) is 2.75. The van der Waals surface area contributed by atoms with Crippen molar-refractivity contribution in [2.45, 2.75) is 38.5 Å². The minimum absolute atomic E-state index is 0.260. The van der Waals surface area contributed by atoms with Crippen LogP contribution in [0.25, 0.3) is 0 Å². The zero-order chi connectivity index (χ0) is 17.0. The smallest absolute Gasteiger partial charge is 0.246 e. The van der Waals surface area contributed by atoms with Crippen LogP contribution in [0.15, 0.2) is 17.0 Å². The molecule has 23 heavy (non-hydrogen) atoms. The predicted molar refractivity (Wildman–Crippen MR) is 90.4 cm³/mol. The Bertz CT molecular complexity index is 642. The van der Waals surface area contributed by atoms with Crippen LogP contribution in [0.3, 0.4) is 0 Å². The summed E-state index contributed by atoms with van der Waals surface area (Å²) in [6.07, 6.45) is 1.88. The van der Waals surface area contributed by atoms with E-state index in [1.54, 1.807) is 16.4 Å². The first-order valence-corrected chi connectivity index (χ1v) is 9.57. The van der Waals surface area contributed by atoms with Gasteiger partial charge in [-0.15, -0.1) is 0 Å². The van der Waals surface area contributed by atoms with Crippen molar-refractivity contribution in [1.29, 1.82) is 0 Å². The number of rotatable bonds is 6. The van der Waals surface area contributed by atoms with Crippen molar-refractivity contribution in [3.05, 3.63) is 23.3 Å². The molecule has 6 heteroatoms. The number of nitrogens with zero attached hydrogens (tertiary/aromatic N) is 1. The molecule has 1 aromatic rings. The fraction of sp³-hybridized carbons (Fsp3) is 0.647. The van der Waals surface area contributed by atoms with Gasteiger partial charge in [0.15, 0.2) is 0 Å². The molecule has 0 saturated carbocycles. The fourth-order valence-electron chi connectivity index (χ4n) is 2.93. The maximum Gasteiger partial charge on any atom is 0.246 e. The lowest BCUT2D eigenvalue weighted by Crippen LogP contribution is -2.41. The van der Waals surface area contributed by atoms with Crippen LogP contribution in [-0.4, -0.2) is 46.1 Å². The summed E-state index contributed by atoms with van der Waals surface area (Å²) in [5.74, 6) is 0.677. The lowest BCUT2D eigenvalue weighted by atomic mass is 10.0. The highest BCUT2D eigenvalue weighted by Gasteiger charge is 2.32. The summed E-state index contributed by atoms with van der Waals surface area (Å²) in [5.41, 5.74) is 1.97. The Kier molecular flexibility index (Phi) is 6.06. The molecule has 1 atom stereocenters. The number of benzene rings is 1. The summed E-state index contributed by atoms with van der Waals surface area (Å²) in [5, 5.41) is 0. The number of aryl methyl sites for hydroxylation is 2. The van der Waals surface area contributed by atoms with Crippen LogP contribution in [0.1, 0.15) is 30.9 Å². The van der Waals surface area contributed by atoms with Crippen molar-refractivity contribution < 1.29 is 17.9 Å². The van der Waals surface area contributed by atoms with Gasteiger partial charge in [-0.2, -0.15) is 4.31 Å². The molecular formula is C17H27NO4S. The van der Waals surface area contributed by atoms with Crippen LogP contribution < -0.4 is 4.74 Å². The monoisotopic (exact) mass is 341 g/mol. The highest BCUT2D eigenvalue weighted by atomic mass is 32.2. The average molecular weight is 341 g/mol. The van der Waals surface area contributed by atoms with Crippen molar-refractivity contribution in [3.8, 4) is 5.75 Å². The second-order valence-electron chi connectivity index (χ2n) is 6.12. The second-order valence-corrected chi connectivity index (χ2v) is 8.02.